The predicted molar refractivity (Wildman–Crippen MR) is 125 cm³/mol. The first kappa shape index (κ1) is 22.9. The molecule has 1 atom stereocenters. The molecule has 0 aliphatic carbocycles. The molecule has 3 aromatic rings. The lowest BCUT2D eigenvalue weighted by Crippen LogP contribution is -2.46. The summed E-state index contributed by atoms with van der Waals surface area (Å²) in [5.74, 6) is -0.0499. The molecule has 4 heterocycles. The maximum atomic E-state index is 13.0. The van der Waals surface area contributed by atoms with Crippen LogP contribution in [0.1, 0.15) is 41.6 Å². The van der Waals surface area contributed by atoms with E-state index in [1.54, 1.807) is 12.4 Å². The Morgan fingerprint density at radius 2 is 2.00 bits per heavy atom. The molecule has 0 radical (unpaired) electrons. The van der Waals surface area contributed by atoms with Crippen molar-refractivity contribution in [2.45, 2.75) is 25.9 Å². The van der Waals surface area contributed by atoms with Gasteiger partial charge in [-0.15, -0.1) is 0 Å². The summed E-state index contributed by atoms with van der Waals surface area (Å²) in [4.78, 5) is 49.8. The van der Waals surface area contributed by atoms with E-state index >= 15 is 0 Å². The zero-order valence-electron chi connectivity index (χ0n) is 18.7. The topological polar surface area (TPSA) is 144 Å². The number of hydrogen-bond acceptors (Lipinski definition) is 9. The van der Waals surface area contributed by atoms with Gasteiger partial charge in [-0.3, -0.25) is 4.79 Å². The molecule has 4 rings (SSSR count). The van der Waals surface area contributed by atoms with E-state index in [0.717, 1.165) is 44.0 Å². The number of H-pyrrole nitrogens is 1. The molecule has 176 valence electrons. The highest BCUT2D eigenvalue weighted by Gasteiger charge is 2.24. The van der Waals surface area contributed by atoms with Crippen LogP contribution in [0.15, 0.2) is 18.7 Å². The first-order valence-electron chi connectivity index (χ1n) is 10.9. The summed E-state index contributed by atoms with van der Waals surface area (Å²) in [6, 6.07) is -0.405. The van der Waals surface area contributed by atoms with Crippen LogP contribution < -0.4 is 20.9 Å². The quantitative estimate of drug-likeness (QED) is 0.282. The van der Waals surface area contributed by atoms with Gasteiger partial charge < -0.3 is 30.7 Å². The maximum absolute atomic E-state index is 13.0. The second-order valence-electron chi connectivity index (χ2n) is 7.84. The van der Waals surface area contributed by atoms with Gasteiger partial charge in [0.25, 0.3) is 5.91 Å². The van der Waals surface area contributed by atoms with Crippen molar-refractivity contribution in [3.05, 3.63) is 29.6 Å². The highest BCUT2D eigenvalue weighted by molar-refractivity contribution is 7.17. The largest absolute Gasteiger partial charge is 0.360 e. The summed E-state index contributed by atoms with van der Waals surface area (Å²) < 4.78 is 0. The molecule has 1 aliphatic heterocycles. The number of nitrogens with one attached hydrogen (secondary N) is 4. The number of imidazole rings is 1. The van der Waals surface area contributed by atoms with Gasteiger partial charge >= 0.3 is 6.03 Å². The maximum Gasteiger partial charge on any atom is 0.316 e. The predicted octanol–water partition coefficient (Wildman–Crippen LogP) is 1.09. The number of thiazole rings is 1. The van der Waals surface area contributed by atoms with Crippen LogP contribution >= 0.6 is 11.3 Å². The second-order valence-corrected chi connectivity index (χ2v) is 8.85. The number of piperazine rings is 1. The lowest BCUT2D eigenvalue weighted by Gasteiger charge is -2.32. The van der Waals surface area contributed by atoms with Crippen LogP contribution in [0.4, 0.5) is 9.80 Å². The van der Waals surface area contributed by atoms with Crippen molar-refractivity contribution in [2.75, 3.05) is 44.7 Å². The summed E-state index contributed by atoms with van der Waals surface area (Å²) in [6.07, 6.45) is 5.62. The number of hydrogen-bond donors (Lipinski definition) is 4. The number of nitrogens with zero attached hydrogens (tertiary/aromatic N) is 6. The van der Waals surface area contributed by atoms with E-state index in [1.165, 1.54) is 17.7 Å². The standard InChI is InChI=1S/C20H28N10O2S/c1-3-4-5-22-20(32)28-17(16-25-13-10-21-12-24-15(13)26-16)27-18(31)19-23-11-14(33-19)30-8-6-29(2)7-9-30/h10-12,17H,3-9H2,1-2H3,(H,27,31)(H2,22,28,32)(H,21,24,25,26). The number of amides is 3. The van der Waals surface area contributed by atoms with Crippen LogP contribution in [0.25, 0.3) is 11.2 Å². The first-order valence-corrected chi connectivity index (χ1v) is 11.7. The molecule has 1 fully saturated rings. The van der Waals surface area contributed by atoms with Crippen molar-refractivity contribution >= 4 is 39.4 Å². The molecule has 0 bridgehead atoms. The number of aromatic nitrogens is 5. The molecule has 12 nitrogen and oxygen atoms in total. The number of unbranched alkanes of at least 4 members (excludes halogenated alkanes) is 1. The van der Waals surface area contributed by atoms with E-state index in [9.17, 15) is 9.59 Å². The summed E-state index contributed by atoms with van der Waals surface area (Å²) >= 11 is 1.33. The fourth-order valence-electron chi connectivity index (χ4n) is 3.39. The van der Waals surface area contributed by atoms with Gasteiger partial charge in [0.1, 0.15) is 16.8 Å². The van der Waals surface area contributed by atoms with Gasteiger partial charge in [0, 0.05) is 32.7 Å². The lowest BCUT2D eigenvalue weighted by atomic mass is 10.3. The molecule has 3 amide bonds. The van der Waals surface area contributed by atoms with Crippen LogP contribution in [-0.2, 0) is 0 Å². The van der Waals surface area contributed by atoms with Crippen LogP contribution in [0.3, 0.4) is 0 Å². The van der Waals surface area contributed by atoms with Gasteiger partial charge in [-0.2, -0.15) is 0 Å². The Labute approximate surface area is 195 Å². The smallest absolute Gasteiger partial charge is 0.316 e. The number of carbonyl (C=O) groups excluding carboxylic acids is 2. The highest BCUT2D eigenvalue weighted by atomic mass is 32.1. The van der Waals surface area contributed by atoms with E-state index in [-0.39, 0.29) is 0 Å². The number of urea groups is 1. The molecular weight excluding hydrogens is 444 g/mol. The Bertz CT molecular complexity index is 1060. The van der Waals surface area contributed by atoms with E-state index in [0.29, 0.717) is 28.5 Å². The van der Waals surface area contributed by atoms with Crippen molar-refractivity contribution in [3.63, 3.8) is 0 Å². The summed E-state index contributed by atoms with van der Waals surface area (Å²) in [6.45, 7) is 6.29. The average Bonchev–Trinajstić information content (AvgIpc) is 3.47. The Morgan fingerprint density at radius 3 is 2.76 bits per heavy atom. The van der Waals surface area contributed by atoms with E-state index in [4.69, 9.17) is 0 Å². The van der Waals surface area contributed by atoms with Gasteiger partial charge in [-0.25, -0.2) is 24.7 Å². The van der Waals surface area contributed by atoms with E-state index < -0.39 is 18.1 Å². The van der Waals surface area contributed by atoms with Crippen molar-refractivity contribution < 1.29 is 9.59 Å². The fraction of sp³-hybridized carbons (Fsp3) is 0.500. The third-order valence-electron chi connectivity index (χ3n) is 5.32. The third kappa shape index (κ3) is 5.73. The molecule has 1 saturated heterocycles. The SMILES string of the molecule is CCCCNC(=O)NC(NC(=O)c1ncc(N2CCN(C)CC2)s1)c1nc2ncncc2[nH]1. The Hall–Kier alpha value is -3.32. The monoisotopic (exact) mass is 472 g/mol. The highest BCUT2D eigenvalue weighted by Crippen LogP contribution is 2.25. The number of aromatic amines is 1. The van der Waals surface area contributed by atoms with Crippen molar-refractivity contribution in [3.8, 4) is 0 Å². The molecule has 3 aromatic heterocycles. The minimum atomic E-state index is -0.899. The molecular formula is C20H28N10O2S. The lowest BCUT2D eigenvalue weighted by molar-refractivity contribution is 0.0929. The molecule has 0 spiro atoms. The fourth-order valence-corrected chi connectivity index (χ4v) is 4.26. The minimum Gasteiger partial charge on any atom is -0.360 e. The van der Waals surface area contributed by atoms with Gasteiger partial charge in [0.05, 0.1) is 12.4 Å². The van der Waals surface area contributed by atoms with Crippen LogP contribution in [0.5, 0.6) is 0 Å². The van der Waals surface area contributed by atoms with Crippen LogP contribution in [-0.4, -0.2) is 81.5 Å². The molecule has 0 aromatic carbocycles. The zero-order chi connectivity index (χ0) is 23.2. The number of carbonyl (C=O) groups is 2. The van der Waals surface area contributed by atoms with Crippen LogP contribution in [0, 0.1) is 0 Å². The van der Waals surface area contributed by atoms with Crippen LogP contribution in [0.2, 0.25) is 0 Å². The normalized spacial score (nSPS) is 15.4. The number of anilines is 1. The van der Waals surface area contributed by atoms with Crippen molar-refractivity contribution in [1.82, 2.24) is 45.8 Å². The average molecular weight is 473 g/mol. The molecule has 1 aliphatic rings. The summed E-state index contributed by atoms with van der Waals surface area (Å²) in [7, 11) is 2.10. The van der Waals surface area contributed by atoms with Gasteiger partial charge in [-0.05, 0) is 13.5 Å². The molecule has 33 heavy (non-hydrogen) atoms. The van der Waals surface area contributed by atoms with E-state index in [1.807, 2.05) is 6.92 Å². The van der Waals surface area contributed by atoms with E-state index in [2.05, 4.69) is 57.7 Å². The number of rotatable bonds is 8. The molecule has 0 saturated carbocycles. The molecule has 1 unspecified atom stereocenters. The molecule has 13 heteroatoms. The Morgan fingerprint density at radius 1 is 1.18 bits per heavy atom. The van der Waals surface area contributed by atoms with Crippen molar-refractivity contribution in [2.24, 2.45) is 0 Å². The third-order valence-corrected chi connectivity index (χ3v) is 6.38. The second kappa shape index (κ2) is 10.5. The Kier molecular flexibility index (Phi) is 7.29. The zero-order valence-corrected chi connectivity index (χ0v) is 19.5. The van der Waals surface area contributed by atoms with Gasteiger partial charge in [-0.1, -0.05) is 24.7 Å². The number of fused-ring (bicyclic) bond motifs is 1. The Balaban J connectivity index is 1.48. The summed E-state index contributed by atoms with van der Waals surface area (Å²) in [5, 5.41) is 9.65. The summed E-state index contributed by atoms with van der Waals surface area (Å²) in [5.41, 5.74) is 1.05. The first-order chi connectivity index (χ1) is 16.0. The van der Waals surface area contributed by atoms with Gasteiger partial charge in [0.2, 0.25) is 0 Å². The van der Waals surface area contributed by atoms with Gasteiger partial charge in [0.15, 0.2) is 22.6 Å². The number of likely N-dealkylation sites (N-methyl/N-ethyl adjacent to an activating group) is 1. The molecule has 4 N–H and O–H groups in total. The minimum absolute atomic E-state index is 0.318. The van der Waals surface area contributed by atoms with Crippen molar-refractivity contribution in [1.29, 1.82) is 0 Å².